The maximum absolute atomic E-state index is 11.8. The lowest BCUT2D eigenvalue weighted by atomic mass is 10.1. The Balaban J connectivity index is 1.97. The number of rotatable bonds is 4. The summed E-state index contributed by atoms with van der Waals surface area (Å²) in [5, 5.41) is 0.980. The number of carbonyl (C=O) groups excluding carboxylic acids is 2. The fourth-order valence-corrected chi connectivity index (χ4v) is 1.87. The highest BCUT2D eigenvalue weighted by atomic mass is 35.5. The standard InChI is InChI=1S/C16H10Cl2O3/c17-13-6-4-11(5-7-13)15(19)8-9-21-16(20)12-2-1-3-14(18)10-12/h1-10H/b9-8+. The summed E-state index contributed by atoms with van der Waals surface area (Å²) >= 11 is 11.5. The summed E-state index contributed by atoms with van der Waals surface area (Å²) in [6, 6.07) is 12.8. The second-order valence-electron chi connectivity index (χ2n) is 4.09. The molecule has 0 fully saturated rings. The van der Waals surface area contributed by atoms with Crippen molar-refractivity contribution >= 4 is 35.0 Å². The van der Waals surface area contributed by atoms with E-state index in [0.29, 0.717) is 21.2 Å². The minimum atomic E-state index is -0.586. The highest BCUT2D eigenvalue weighted by molar-refractivity contribution is 6.31. The topological polar surface area (TPSA) is 43.4 Å². The van der Waals surface area contributed by atoms with Crippen LogP contribution in [0.3, 0.4) is 0 Å². The van der Waals surface area contributed by atoms with Crippen molar-refractivity contribution in [1.29, 1.82) is 0 Å². The number of ether oxygens (including phenoxy) is 1. The molecule has 0 aliphatic carbocycles. The van der Waals surface area contributed by atoms with Crippen molar-refractivity contribution in [2.75, 3.05) is 0 Å². The van der Waals surface area contributed by atoms with Crippen molar-refractivity contribution in [2.24, 2.45) is 0 Å². The predicted octanol–water partition coefficient (Wildman–Crippen LogP) is 4.55. The van der Waals surface area contributed by atoms with Crippen LogP contribution in [-0.2, 0) is 4.74 Å². The Bertz CT molecular complexity index is 691. The van der Waals surface area contributed by atoms with Gasteiger partial charge in [0.15, 0.2) is 5.78 Å². The quantitative estimate of drug-likeness (QED) is 0.359. The molecule has 0 aliphatic heterocycles. The van der Waals surface area contributed by atoms with Crippen LogP contribution in [0, 0.1) is 0 Å². The number of hydrogen-bond donors (Lipinski definition) is 0. The smallest absolute Gasteiger partial charge is 0.342 e. The van der Waals surface area contributed by atoms with Gasteiger partial charge in [0.2, 0.25) is 0 Å². The Labute approximate surface area is 131 Å². The molecule has 0 aliphatic rings. The van der Waals surface area contributed by atoms with Crippen LogP contribution < -0.4 is 0 Å². The zero-order valence-corrected chi connectivity index (χ0v) is 12.3. The van der Waals surface area contributed by atoms with Gasteiger partial charge >= 0.3 is 5.97 Å². The Hall–Kier alpha value is -2.10. The van der Waals surface area contributed by atoms with Crippen LogP contribution in [-0.4, -0.2) is 11.8 Å². The van der Waals surface area contributed by atoms with Gasteiger partial charge in [0, 0.05) is 21.7 Å². The summed E-state index contributed by atoms with van der Waals surface area (Å²) in [4.78, 5) is 23.5. The molecule has 106 valence electrons. The number of allylic oxidation sites excluding steroid dienone is 1. The van der Waals surface area contributed by atoms with Crippen LogP contribution in [0.25, 0.3) is 0 Å². The molecule has 0 bridgehead atoms. The Kier molecular flexibility index (Phi) is 5.14. The summed E-state index contributed by atoms with van der Waals surface area (Å²) in [6.07, 6.45) is 2.23. The first-order valence-electron chi connectivity index (χ1n) is 5.99. The largest absolute Gasteiger partial charge is 0.431 e. The van der Waals surface area contributed by atoms with Crippen LogP contribution in [0.5, 0.6) is 0 Å². The molecule has 0 saturated heterocycles. The molecule has 0 saturated carbocycles. The summed E-state index contributed by atoms with van der Waals surface area (Å²) in [6.45, 7) is 0. The summed E-state index contributed by atoms with van der Waals surface area (Å²) < 4.78 is 4.87. The van der Waals surface area contributed by atoms with Gasteiger partial charge in [-0.05, 0) is 42.5 Å². The molecular formula is C16H10Cl2O3. The van der Waals surface area contributed by atoms with E-state index in [2.05, 4.69) is 0 Å². The van der Waals surface area contributed by atoms with Crippen LogP contribution in [0.2, 0.25) is 10.0 Å². The van der Waals surface area contributed by atoms with Gasteiger partial charge in [-0.3, -0.25) is 4.79 Å². The van der Waals surface area contributed by atoms with E-state index in [1.165, 1.54) is 12.1 Å². The molecule has 0 amide bonds. The minimum absolute atomic E-state index is 0.287. The third kappa shape index (κ3) is 4.45. The SMILES string of the molecule is O=C(/C=C/OC(=O)c1cccc(Cl)c1)c1ccc(Cl)cc1. The zero-order chi connectivity index (χ0) is 15.2. The molecule has 2 rings (SSSR count). The molecule has 0 unspecified atom stereocenters. The number of benzene rings is 2. The fraction of sp³-hybridized carbons (Fsp3) is 0. The maximum atomic E-state index is 11.8. The third-order valence-electron chi connectivity index (χ3n) is 2.58. The van der Waals surface area contributed by atoms with Gasteiger partial charge in [-0.2, -0.15) is 0 Å². The minimum Gasteiger partial charge on any atom is -0.431 e. The summed E-state index contributed by atoms with van der Waals surface area (Å²) in [5.41, 5.74) is 0.764. The highest BCUT2D eigenvalue weighted by Gasteiger charge is 2.06. The molecule has 0 spiro atoms. The number of ketones is 1. The van der Waals surface area contributed by atoms with E-state index in [1.54, 1.807) is 42.5 Å². The van der Waals surface area contributed by atoms with Crippen molar-refractivity contribution < 1.29 is 14.3 Å². The normalized spacial score (nSPS) is 10.6. The number of esters is 1. The summed E-state index contributed by atoms with van der Waals surface area (Å²) in [7, 11) is 0. The number of halogens is 2. The van der Waals surface area contributed by atoms with Crippen molar-refractivity contribution in [1.82, 2.24) is 0 Å². The van der Waals surface area contributed by atoms with Gasteiger partial charge in [0.25, 0.3) is 0 Å². The number of hydrogen-bond acceptors (Lipinski definition) is 3. The highest BCUT2D eigenvalue weighted by Crippen LogP contribution is 2.12. The average molecular weight is 321 g/mol. The van der Waals surface area contributed by atoms with Gasteiger partial charge in [-0.25, -0.2) is 4.79 Å². The first-order chi connectivity index (χ1) is 10.1. The Morgan fingerprint density at radius 2 is 1.62 bits per heavy atom. The average Bonchev–Trinajstić information content (AvgIpc) is 2.47. The van der Waals surface area contributed by atoms with Gasteiger partial charge in [-0.1, -0.05) is 29.3 Å². The van der Waals surface area contributed by atoms with E-state index < -0.39 is 5.97 Å². The van der Waals surface area contributed by atoms with Crippen LogP contribution in [0.4, 0.5) is 0 Å². The van der Waals surface area contributed by atoms with Crippen LogP contribution in [0.15, 0.2) is 60.9 Å². The van der Waals surface area contributed by atoms with E-state index in [-0.39, 0.29) is 5.78 Å². The fourth-order valence-electron chi connectivity index (χ4n) is 1.55. The maximum Gasteiger partial charge on any atom is 0.342 e. The zero-order valence-electron chi connectivity index (χ0n) is 10.8. The van der Waals surface area contributed by atoms with Crippen LogP contribution in [0.1, 0.15) is 20.7 Å². The van der Waals surface area contributed by atoms with E-state index in [0.717, 1.165) is 6.26 Å². The molecule has 0 N–H and O–H groups in total. The van der Waals surface area contributed by atoms with Gasteiger partial charge in [0.1, 0.15) is 0 Å². The molecule has 0 aromatic heterocycles. The monoisotopic (exact) mass is 320 g/mol. The lowest BCUT2D eigenvalue weighted by molar-refractivity contribution is 0.0662. The van der Waals surface area contributed by atoms with Crippen molar-refractivity contribution in [3.8, 4) is 0 Å². The van der Waals surface area contributed by atoms with Gasteiger partial charge in [0.05, 0.1) is 11.8 Å². The lowest BCUT2D eigenvalue weighted by Crippen LogP contribution is -2.01. The first-order valence-corrected chi connectivity index (χ1v) is 6.75. The Morgan fingerprint density at radius 3 is 2.29 bits per heavy atom. The molecule has 5 heteroatoms. The second-order valence-corrected chi connectivity index (χ2v) is 4.96. The number of carbonyl (C=O) groups is 2. The molecule has 3 nitrogen and oxygen atoms in total. The second kappa shape index (κ2) is 7.07. The first kappa shape index (κ1) is 15.3. The van der Waals surface area contributed by atoms with Gasteiger partial charge < -0.3 is 4.74 Å². The van der Waals surface area contributed by atoms with E-state index in [9.17, 15) is 9.59 Å². The van der Waals surface area contributed by atoms with E-state index >= 15 is 0 Å². The van der Waals surface area contributed by atoms with E-state index in [4.69, 9.17) is 27.9 Å². The molecule has 0 radical (unpaired) electrons. The lowest BCUT2D eigenvalue weighted by Gasteiger charge is -2.00. The molecule has 2 aromatic carbocycles. The molecule has 0 heterocycles. The van der Waals surface area contributed by atoms with E-state index in [1.807, 2.05) is 0 Å². The van der Waals surface area contributed by atoms with Crippen molar-refractivity contribution in [3.05, 3.63) is 82.0 Å². The third-order valence-corrected chi connectivity index (χ3v) is 3.07. The van der Waals surface area contributed by atoms with Crippen molar-refractivity contribution in [2.45, 2.75) is 0 Å². The predicted molar refractivity (Wildman–Crippen MR) is 81.8 cm³/mol. The molecular weight excluding hydrogens is 311 g/mol. The molecule has 2 aromatic rings. The van der Waals surface area contributed by atoms with Crippen LogP contribution >= 0.6 is 23.2 Å². The molecule has 0 atom stereocenters. The molecule has 21 heavy (non-hydrogen) atoms. The van der Waals surface area contributed by atoms with Gasteiger partial charge in [-0.15, -0.1) is 0 Å². The Morgan fingerprint density at radius 1 is 0.905 bits per heavy atom. The summed E-state index contributed by atoms with van der Waals surface area (Å²) in [5.74, 6) is -0.872. The van der Waals surface area contributed by atoms with Crippen molar-refractivity contribution in [3.63, 3.8) is 0 Å².